The van der Waals surface area contributed by atoms with Crippen molar-refractivity contribution in [2.45, 2.75) is 12.4 Å². The summed E-state index contributed by atoms with van der Waals surface area (Å²) in [6.45, 7) is 0. The number of alkyl halides is 6. The van der Waals surface area contributed by atoms with Gasteiger partial charge in [0.15, 0.2) is 0 Å². The number of rotatable bonds is 5. The van der Waals surface area contributed by atoms with Gasteiger partial charge in [-0.05, 0) is 48.5 Å². The first-order chi connectivity index (χ1) is 17.4. The van der Waals surface area contributed by atoms with E-state index in [9.17, 15) is 26.3 Å². The van der Waals surface area contributed by atoms with Crippen LogP contribution in [0.4, 0.5) is 49.1 Å². The summed E-state index contributed by atoms with van der Waals surface area (Å²) in [6, 6.07) is 18.7. The zero-order valence-electron chi connectivity index (χ0n) is 18.8. The maximum absolute atomic E-state index is 13.3. The fraction of sp³-hybridized carbons (Fsp3) is 0.0769. The van der Waals surface area contributed by atoms with Gasteiger partial charge in [-0.2, -0.15) is 26.3 Å². The van der Waals surface area contributed by atoms with Crippen molar-refractivity contribution in [3.63, 3.8) is 0 Å². The lowest BCUT2D eigenvalue weighted by Crippen LogP contribution is -2.11. The molecule has 0 amide bonds. The summed E-state index contributed by atoms with van der Waals surface area (Å²) in [5, 5.41) is 8.38. The number of anilines is 2. The molecule has 0 aliphatic heterocycles. The Hall–Kier alpha value is -4.54. The molecule has 5 nitrogen and oxygen atoms in total. The van der Waals surface area contributed by atoms with Gasteiger partial charge in [0.2, 0.25) is 0 Å². The summed E-state index contributed by atoms with van der Waals surface area (Å²) < 4.78 is 85.3. The van der Waals surface area contributed by atoms with Crippen LogP contribution in [0.25, 0.3) is 11.1 Å². The van der Waals surface area contributed by atoms with Crippen LogP contribution in [0.15, 0.2) is 95.2 Å². The maximum Gasteiger partial charge on any atom is 0.416 e. The number of nitrogens with zero attached hydrogens (tertiary/aromatic N) is 2. The molecule has 0 bridgehead atoms. The maximum atomic E-state index is 13.3. The molecule has 0 saturated heterocycles. The van der Waals surface area contributed by atoms with Gasteiger partial charge in [0, 0.05) is 16.8 Å². The van der Waals surface area contributed by atoms with Crippen LogP contribution in [0.2, 0.25) is 0 Å². The van der Waals surface area contributed by atoms with Gasteiger partial charge in [-0.15, -0.1) is 10.2 Å². The molecule has 37 heavy (non-hydrogen) atoms. The molecule has 4 N–H and O–H groups in total. The number of hydrogen-bond donors (Lipinski definition) is 2. The Morgan fingerprint density at radius 3 is 1.78 bits per heavy atom. The van der Waals surface area contributed by atoms with Gasteiger partial charge in [0.05, 0.1) is 22.5 Å². The third-order valence-electron chi connectivity index (χ3n) is 5.19. The molecule has 11 heteroatoms. The Morgan fingerprint density at radius 1 is 0.595 bits per heavy atom. The molecule has 4 aromatic rings. The Morgan fingerprint density at radius 2 is 1.16 bits per heavy atom. The Balaban J connectivity index is 1.75. The van der Waals surface area contributed by atoms with E-state index in [2.05, 4.69) is 10.2 Å². The Bertz CT molecular complexity index is 1430. The van der Waals surface area contributed by atoms with E-state index < -0.39 is 29.2 Å². The standard InChI is InChI=1S/C26H18F6N4O/c27-25(28,29)15-11-16(26(30,31)32)13-18(12-15)37-24-8-4-2-6-20(24)19-5-1-3-7-22(19)35-36-23-10-9-17(33)14-21(23)34/h1-14H,33-34H2. The minimum absolute atomic E-state index is 0.0181. The molecule has 0 radical (unpaired) electrons. The van der Waals surface area contributed by atoms with Gasteiger partial charge in [-0.1, -0.05) is 36.4 Å². The molecule has 0 heterocycles. The van der Waals surface area contributed by atoms with Crippen LogP contribution < -0.4 is 16.2 Å². The largest absolute Gasteiger partial charge is 0.457 e. The number of hydrogen-bond acceptors (Lipinski definition) is 5. The first-order valence-corrected chi connectivity index (χ1v) is 10.6. The SMILES string of the molecule is Nc1ccc(N=Nc2ccccc2-c2ccccc2Oc2cc(C(F)(F)F)cc(C(F)(F)F)c2)c(N)c1. The summed E-state index contributed by atoms with van der Waals surface area (Å²) in [7, 11) is 0. The van der Waals surface area contributed by atoms with Gasteiger partial charge < -0.3 is 16.2 Å². The molecule has 0 spiro atoms. The third-order valence-corrected chi connectivity index (χ3v) is 5.19. The van der Waals surface area contributed by atoms with Crippen LogP contribution in [0.5, 0.6) is 11.5 Å². The van der Waals surface area contributed by atoms with Crippen LogP contribution in [0.1, 0.15) is 11.1 Å². The number of para-hydroxylation sites is 1. The normalized spacial score (nSPS) is 12.2. The number of halogens is 6. The van der Waals surface area contributed by atoms with Crippen LogP contribution >= 0.6 is 0 Å². The van der Waals surface area contributed by atoms with Crippen molar-refractivity contribution in [3.8, 4) is 22.6 Å². The zero-order valence-corrected chi connectivity index (χ0v) is 18.8. The first kappa shape index (κ1) is 25.5. The van der Waals surface area contributed by atoms with Crippen LogP contribution in [-0.4, -0.2) is 0 Å². The Kier molecular flexibility index (Phi) is 6.80. The van der Waals surface area contributed by atoms with E-state index in [0.29, 0.717) is 46.0 Å². The average Bonchev–Trinajstić information content (AvgIpc) is 2.83. The minimum Gasteiger partial charge on any atom is -0.457 e. The quantitative estimate of drug-likeness (QED) is 0.158. The molecular weight excluding hydrogens is 498 g/mol. The fourth-order valence-corrected chi connectivity index (χ4v) is 3.45. The second-order valence-corrected chi connectivity index (χ2v) is 7.88. The number of benzene rings is 4. The lowest BCUT2D eigenvalue weighted by molar-refractivity contribution is -0.143. The lowest BCUT2D eigenvalue weighted by Gasteiger charge is -2.16. The van der Waals surface area contributed by atoms with Crippen LogP contribution in [0.3, 0.4) is 0 Å². The molecule has 4 rings (SSSR count). The highest BCUT2D eigenvalue weighted by atomic mass is 19.4. The van der Waals surface area contributed by atoms with E-state index in [1.165, 1.54) is 18.2 Å². The van der Waals surface area contributed by atoms with Gasteiger partial charge in [-0.3, -0.25) is 0 Å². The van der Waals surface area contributed by atoms with Crippen molar-refractivity contribution < 1.29 is 31.1 Å². The van der Waals surface area contributed by atoms with E-state index in [1.807, 2.05) is 0 Å². The minimum atomic E-state index is -5.00. The van der Waals surface area contributed by atoms with Crippen molar-refractivity contribution in [3.05, 3.63) is 96.1 Å². The predicted octanol–water partition coefficient (Wildman–Crippen LogP) is 8.76. The predicted molar refractivity (Wildman–Crippen MR) is 128 cm³/mol. The highest BCUT2D eigenvalue weighted by Crippen LogP contribution is 2.42. The molecule has 0 saturated carbocycles. The topological polar surface area (TPSA) is 86.0 Å². The van der Waals surface area contributed by atoms with E-state index in [4.69, 9.17) is 16.2 Å². The molecule has 4 aromatic carbocycles. The summed E-state index contributed by atoms with van der Waals surface area (Å²) >= 11 is 0. The number of azo groups is 1. The second kappa shape index (κ2) is 9.84. The van der Waals surface area contributed by atoms with Gasteiger partial charge in [0.1, 0.15) is 17.2 Å². The van der Waals surface area contributed by atoms with Crippen molar-refractivity contribution >= 4 is 22.7 Å². The van der Waals surface area contributed by atoms with E-state index in [-0.39, 0.29) is 11.8 Å². The molecule has 0 fully saturated rings. The third kappa shape index (κ3) is 6.00. The molecule has 190 valence electrons. The van der Waals surface area contributed by atoms with Crippen molar-refractivity contribution in [1.82, 2.24) is 0 Å². The van der Waals surface area contributed by atoms with Crippen molar-refractivity contribution in [1.29, 1.82) is 0 Å². The summed E-state index contributed by atoms with van der Waals surface area (Å²) in [4.78, 5) is 0. The average molecular weight is 516 g/mol. The molecule has 0 aromatic heterocycles. The first-order valence-electron chi connectivity index (χ1n) is 10.6. The fourth-order valence-electron chi connectivity index (χ4n) is 3.45. The summed E-state index contributed by atoms with van der Waals surface area (Å²) in [6.07, 6.45) is -10.0. The Labute approximate surface area is 207 Å². The highest BCUT2D eigenvalue weighted by Gasteiger charge is 2.37. The van der Waals surface area contributed by atoms with E-state index in [0.717, 1.165) is 0 Å². The number of ether oxygens (including phenoxy) is 1. The highest BCUT2D eigenvalue weighted by molar-refractivity contribution is 5.80. The van der Waals surface area contributed by atoms with Crippen molar-refractivity contribution in [2.75, 3.05) is 11.5 Å². The molecule has 0 atom stereocenters. The number of nitrogens with two attached hydrogens (primary N) is 2. The van der Waals surface area contributed by atoms with Gasteiger partial charge >= 0.3 is 12.4 Å². The molecule has 0 unspecified atom stereocenters. The second-order valence-electron chi connectivity index (χ2n) is 7.88. The molecule has 0 aliphatic carbocycles. The zero-order chi connectivity index (χ0) is 26.8. The monoisotopic (exact) mass is 516 g/mol. The lowest BCUT2D eigenvalue weighted by atomic mass is 10.0. The van der Waals surface area contributed by atoms with Gasteiger partial charge in [-0.25, -0.2) is 0 Å². The van der Waals surface area contributed by atoms with Crippen molar-refractivity contribution in [2.24, 2.45) is 10.2 Å². The van der Waals surface area contributed by atoms with Crippen LogP contribution in [0, 0.1) is 0 Å². The summed E-state index contributed by atoms with van der Waals surface area (Å²) in [5.74, 6) is -0.604. The number of nitrogen functional groups attached to an aromatic ring is 2. The van der Waals surface area contributed by atoms with E-state index >= 15 is 0 Å². The van der Waals surface area contributed by atoms with Gasteiger partial charge in [0.25, 0.3) is 0 Å². The summed E-state index contributed by atoms with van der Waals surface area (Å²) in [5.41, 5.74) is 10.9. The smallest absolute Gasteiger partial charge is 0.416 e. The molecule has 0 aliphatic rings. The van der Waals surface area contributed by atoms with E-state index in [1.54, 1.807) is 48.5 Å². The molecular formula is C26H18F6N4O. The van der Waals surface area contributed by atoms with Crippen LogP contribution in [-0.2, 0) is 12.4 Å².